The lowest BCUT2D eigenvalue weighted by Gasteiger charge is -2.30. The zero-order valence-electron chi connectivity index (χ0n) is 33.8. The van der Waals surface area contributed by atoms with Crippen LogP contribution in [0.25, 0.3) is 77.2 Å². The van der Waals surface area contributed by atoms with Crippen molar-refractivity contribution < 1.29 is 0 Å². The summed E-state index contributed by atoms with van der Waals surface area (Å²) in [4.78, 5) is 2.47. The maximum atomic E-state index is 2.47. The van der Waals surface area contributed by atoms with E-state index in [-0.39, 0.29) is 5.41 Å². The molecule has 0 bridgehead atoms. The molecule has 0 aliphatic heterocycles. The summed E-state index contributed by atoms with van der Waals surface area (Å²) in [5, 5.41) is 4.96. The van der Waals surface area contributed by atoms with Crippen molar-refractivity contribution in [1.82, 2.24) is 0 Å². The van der Waals surface area contributed by atoms with Gasteiger partial charge in [-0.1, -0.05) is 184 Å². The first-order valence-electron chi connectivity index (χ1n) is 20.9. The van der Waals surface area contributed by atoms with Crippen LogP contribution in [-0.4, -0.2) is 0 Å². The van der Waals surface area contributed by atoms with Crippen molar-refractivity contribution in [3.05, 3.63) is 236 Å². The normalized spacial score (nSPS) is 12.6. The van der Waals surface area contributed by atoms with Crippen molar-refractivity contribution in [1.29, 1.82) is 0 Å². The second kappa shape index (κ2) is 14.4. The molecule has 0 fully saturated rings. The number of anilines is 3. The van der Waals surface area contributed by atoms with E-state index in [2.05, 4.69) is 243 Å². The van der Waals surface area contributed by atoms with Crippen molar-refractivity contribution in [2.45, 2.75) is 19.3 Å². The third kappa shape index (κ3) is 6.19. The van der Waals surface area contributed by atoms with Crippen LogP contribution in [-0.2, 0) is 5.41 Å². The van der Waals surface area contributed by atoms with Crippen LogP contribution in [0.4, 0.5) is 17.1 Å². The second-order valence-corrected chi connectivity index (χ2v) is 16.6. The molecule has 0 aromatic heterocycles. The summed E-state index contributed by atoms with van der Waals surface area (Å²) in [5.74, 6) is 0. The largest absolute Gasteiger partial charge is 0.310 e. The van der Waals surface area contributed by atoms with Crippen LogP contribution in [0.5, 0.6) is 0 Å². The van der Waals surface area contributed by atoms with Crippen molar-refractivity contribution in [3.63, 3.8) is 0 Å². The summed E-state index contributed by atoms with van der Waals surface area (Å²) in [6, 6.07) is 82.5. The Bertz CT molecular complexity index is 3210. The monoisotopic (exact) mass is 765 g/mol. The standard InChI is InChI=1S/C59H43N/c1-59(2)56-38-48(43-26-24-42(25-27-43)40-14-5-3-6-15-40)29-32-54(56)55-33-31-52(39-57(55)59)60(51-30-28-47-34-45-18-9-10-19-46(45)36-50(47)37-51)58-23-12-11-22-53(58)49-21-13-20-44(35-49)41-16-7-4-8-17-41/h3-39H,1-2H3. The minimum atomic E-state index is -0.210. The van der Waals surface area contributed by atoms with E-state index in [4.69, 9.17) is 0 Å². The molecule has 10 aromatic carbocycles. The van der Waals surface area contributed by atoms with Crippen LogP contribution in [0.3, 0.4) is 0 Å². The van der Waals surface area contributed by atoms with Gasteiger partial charge in [0.2, 0.25) is 0 Å². The lowest BCUT2D eigenvalue weighted by atomic mass is 9.81. The predicted molar refractivity (Wildman–Crippen MR) is 255 cm³/mol. The van der Waals surface area contributed by atoms with Crippen LogP contribution >= 0.6 is 0 Å². The summed E-state index contributed by atoms with van der Waals surface area (Å²) in [6.07, 6.45) is 0. The molecule has 0 radical (unpaired) electrons. The first kappa shape index (κ1) is 35.7. The Morgan fingerprint density at radius 3 is 1.48 bits per heavy atom. The average Bonchev–Trinajstić information content (AvgIpc) is 3.53. The first-order chi connectivity index (χ1) is 29.5. The molecule has 0 atom stereocenters. The molecule has 284 valence electrons. The Morgan fingerprint density at radius 2 is 0.750 bits per heavy atom. The number of hydrogen-bond acceptors (Lipinski definition) is 1. The maximum Gasteiger partial charge on any atom is 0.0540 e. The molecule has 1 nitrogen and oxygen atoms in total. The fourth-order valence-corrected chi connectivity index (χ4v) is 9.43. The number of fused-ring (bicyclic) bond motifs is 5. The molecule has 1 heteroatoms. The molecule has 60 heavy (non-hydrogen) atoms. The van der Waals surface area contributed by atoms with Gasteiger partial charge in [-0.05, 0) is 137 Å². The average molecular weight is 766 g/mol. The van der Waals surface area contributed by atoms with Crippen molar-refractivity contribution >= 4 is 38.6 Å². The topological polar surface area (TPSA) is 3.24 Å². The van der Waals surface area contributed by atoms with E-state index in [1.165, 1.54) is 88.3 Å². The van der Waals surface area contributed by atoms with Gasteiger partial charge in [-0.3, -0.25) is 0 Å². The molecule has 0 amide bonds. The third-order valence-electron chi connectivity index (χ3n) is 12.6. The lowest BCUT2D eigenvalue weighted by molar-refractivity contribution is 0.660. The van der Waals surface area contributed by atoms with Gasteiger partial charge < -0.3 is 4.90 Å². The fourth-order valence-electron chi connectivity index (χ4n) is 9.43. The van der Waals surface area contributed by atoms with Gasteiger partial charge in [0.1, 0.15) is 0 Å². The van der Waals surface area contributed by atoms with E-state index in [9.17, 15) is 0 Å². The number of rotatable bonds is 7. The molecule has 10 aromatic rings. The van der Waals surface area contributed by atoms with E-state index in [1.807, 2.05) is 0 Å². The van der Waals surface area contributed by atoms with Gasteiger partial charge in [-0.25, -0.2) is 0 Å². The van der Waals surface area contributed by atoms with E-state index in [0.717, 1.165) is 17.1 Å². The number of nitrogens with zero attached hydrogens (tertiary/aromatic N) is 1. The van der Waals surface area contributed by atoms with E-state index in [0.29, 0.717) is 0 Å². The molecule has 0 spiro atoms. The summed E-state index contributed by atoms with van der Waals surface area (Å²) in [7, 11) is 0. The number of benzene rings is 10. The van der Waals surface area contributed by atoms with Gasteiger partial charge in [0.25, 0.3) is 0 Å². The first-order valence-corrected chi connectivity index (χ1v) is 20.9. The predicted octanol–water partition coefficient (Wildman–Crippen LogP) is 16.4. The minimum absolute atomic E-state index is 0.210. The molecule has 1 aliphatic rings. The summed E-state index contributed by atoms with van der Waals surface area (Å²) in [5.41, 5.74) is 18.2. The highest BCUT2D eigenvalue weighted by Crippen LogP contribution is 2.52. The van der Waals surface area contributed by atoms with Gasteiger partial charge in [-0.15, -0.1) is 0 Å². The molecular formula is C59H43N. The van der Waals surface area contributed by atoms with E-state index >= 15 is 0 Å². The smallest absolute Gasteiger partial charge is 0.0540 e. The highest BCUT2D eigenvalue weighted by molar-refractivity contribution is 6.01. The molecule has 0 unspecified atom stereocenters. The summed E-state index contributed by atoms with van der Waals surface area (Å²) >= 11 is 0. The van der Waals surface area contributed by atoms with Gasteiger partial charge in [0.05, 0.1) is 5.69 Å². The zero-order chi connectivity index (χ0) is 40.2. The zero-order valence-corrected chi connectivity index (χ0v) is 33.8. The fraction of sp³-hybridized carbons (Fsp3) is 0.0508. The minimum Gasteiger partial charge on any atom is -0.310 e. The summed E-state index contributed by atoms with van der Waals surface area (Å²) in [6.45, 7) is 4.77. The van der Waals surface area contributed by atoms with Crippen LogP contribution in [0.1, 0.15) is 25.0 Å². The second-order valence-electron chi connectivity index (χ2n) is 16.6. The quantitative estimate of drug-likeness (QED) is 0.146. The van der Waals surface area contributed by atoms with Crippen LogP contribution in [0.15, 0.2) is 224 Å². The Hall–Kier alpha value is -7.48. The maximum absolute atomic E-state index is 2.47. The number of para-hydroxylation sites is 1. The van der Waals surface area contributed by atoms with Gasteiger partial charge in [-0.2, -0.15) is 0 Å². The molecular weight excluding hydrogens is 723 g/mol. The van der Waals surface area contributed by atoms with Gasteiger partial charge in [0.15, 0.2) is 0 Å². The Labute approximate surface area is 352 Å². The molecule has 1 aliphatic carbocycles. The number of hydrogen-bond donors (Lipinski definition) is 0. The highest BCUT2D eigenvalue weighted by atomic mass is 15.1. The Balaban J connectivity index is 1.04. The summed E-state index contributed by atoms with van der Waals surface area (Å²) < 4.78 is 0. The molecule has 0 N–H and O–H groups in total. The Morgan fingerprint density at radius 1 is 0.283 bits per heavy atom. The van der Waals surface area contributed by atoms with Crippen molar-refractivity contribution in [2.24, 2.45) is 0 Å². The lowest BCUT2D eigenvalue weighted by Crippen LogP contribution is -2.17. The SMILES string of the molecule is CC1(C)c2cc(-c3ccc(-c4ccccc4)cc3)ccc2-c2ccc(N(c3ccc4cc5ccccc5cc4c3)c3ccccc3-c3cccc(-c4ccccc4)c3)cc21. The van der Waals surface area contributed by atoms with E-state index in [1.54, 1.807) is 0 Å². The van der Waals surface area contributed by atoms with Crippen molar-refractivity contribution in [2.75, 3.05) is 4.90 Å². The highest BCUT2D eigenvalue weighted by Gasteiger charge is 2.36. The Kier molecular flexibility index (Phi) is 8.57. The van der Waals surface area contributed by atoms with Gasteiger partial charge >= 0.3 is 0 Å². The van der Waals surface area contributed by atoms with Crippen LogP contribution < -0.4 is 4.90 Å². The third-order valence-corrected chi connectivity index (χ3v) is 12.6. The molecule has 0 saturated carbocycles. The molecule has 11 rings (SSSR count). The van der Waals surface area contributed by atoms with Crippen LogP contribution in [0.2, 0.25) is 0 Å². The van der Waals surface area contributed by atoms with Gasteiger partial charge in [0, 0.05) is 22.4 Å². The van der Waals surface area contributed by atoms with Crippen molar-refractivity contribution in [3.8, 4) is 55.6 Å². The molecule has 0 heterocycles. The van der Waals surface area contributed by atoms with E-state index < -0.39 is 0 Å². The van der Waals surface area contributed by atoms with Crippen LogP contribution in [0, 0.1) is 0 Å². The molecule has 0 saturated heterocycles.